The van der Waals surface area contributed by atoms with Crippen LogP contribution in [-0.2, 0) is 4.79 Å². The largest absolute Gasteiger partial charge is 0.507 e. The van der Waals surface area contributed by atoms with Crippen LogP contribution in [0.5, 0.6) is 5.75 Å². The van der Waals surface area contributed by atoms with Gasteiger partial charge in [0.05, 0.1) is 11.4 Å². The number of hydrogen-bond acceptors (Lipinski definition) is 5. The zero-order chi connectivity index (χ0) is 12.6. The van der Waals surface area contributed by atoms with Crippen molar-refractivity contribution in [3.05, 3.63) is 23.8 Å². The molecule has 0 unspecified atom stereocenters. The molecule has 2 N–H and O–H groups in total. The average Bonchev–Trinajstić information content (AvgIpc) is 2.59. The van der Waals surface area contributed by atoms with Gasteiger partial charge in [-0.2, -0.15) is 0 Å². The highest BCUT2D eigenvalue weighted by molar-refractivity contribution is 8.15. The zero-order valence-electron chi connectivity index (χ0n) is 8.41. The van der Waals surface area contributed by atoms with Gasteiger partial charge in [0.2, 0.25) is 5.91 Å². The van der Waals surface area contributed by atoms with Crippen molar-refractivity contribution >= 4 is 34.6 Å². The molecule has 6 nitrogen and oxygen atoms in total. The molecule has 1 saturated heterocycles. The zero-order valence-corrected chi connectivity index (χ0v) is 9.23. The molecule has 2 rings (SSSR count). The molecule has 0 bridgehead atoms. The SMILES string of the molecule is O=C(O)c1cc(N2C(=O)CSC2=O)ccc1O. The average molecular weight is 253 g/mol. The van der Waals surface area contributed by atoms with E-state index >= 15 is 0 Å². The number of rotatable bonds is 2. The monoisotopic (exact) mass is 253 g/mol. The minimum atomic E-state index is -1.32. The van der Waals surface area contributed by atoms with Crippen molar-refractivity contribution in [2.45, 2.75) is 0 Å². The van der Waals surface area contributed by atoms with E-state index < -0.39 is 22.9 Å². The smallest absolute Gasteiger partial charge is 0.339 e. The van der Waals surface area contributed by atoms with E-state index in [4.69, 9.17) is 5.11 Å². The van der Waals surface area contributed by atoms with Crippen molar-refractivity contribution in [2.75, 3.05) is 10.7 Å². The number of phenols is 1. The van der Waals surface area contributed by atoms with Crippen molar-refractivity contribution in [3.8, 4) is 5.75 Å². The van der Waals surface area contributed by atoms with E-state index in [1.54, 1.807) is 0 Å². The van der Waals surface area contributed by atoms with Gasteiger partial charge in [0, 0.05) is 0 Å². The van der Waals surface area contributed by atoms with Gasteiger partial charge < -0.3 is 10.2 Å². The first-order valence-corrected chi connectivity index (χ1v) is 5.55. The van der Waals surface area contributed by atoms with Gasteiger partial charge >= 0.3 is 5.97 Å². The lowest BCUT2D eigenvalue weighted by molar-refractivity contribution is -0.115. The molecule has 1 heterocycles. The van der Waals surface area contributed by atoms with E-state index in [0.717, 1.165) is 28.8 Å². The summed E-state index contributed by atoms with van der Waals surface area (Å²) in [4.78, 5) is 34.5. The number of carboxylic acids is 1. The fourth-order valence-corrected chi connectivity index (χ4v) is 2.15. The second kappa shape index (κ2) is 4.10. The van der Waals surface area contributed by atoms with Gasteiger partial charge in [0.1, 0.15) is 11.3 Å². The summed E-state index contributed by atoms with van der Waals surface area (Å²) in [7, 11) is 0. The number of carbonyl (C=O) groups excluding carboxylic acids is 2. The Kier molecular flexibility index (Phi) is 2.76. The van der Waals surface area contributed by atoms with Gasteiger partial charge in [0.15, 0.2) is 0 Å². The van der Waals surface area contributed by atoms with E-state index in [0.29, 0.717) is 0 Å². The number of carbonyl (C=O) groups is 3. The van der Waals surface area contributed by atoms with Crippen molar-refractivity contribution in [1.82, 2.24) is 0 Å². The lowest BCUT2D eigenvalue weighted by Gasteiger charge is -2.13. The highest BCUT2D eigenvalue weighted by atomic mass is 32.2. The van der Waals surface area contributed by atoms with E-state index in [2.05, 4.69) is 0 Å². The predicted octanol–water partition coefficient (Wildman–Crippen LogP) is 1.29. The van der Waals surface area contributed by atoms with E-state index in [-0.39, 0.29) is 17.0 Å². The van der Waals surface area contributed by atoms with E-state index in [1.165, 1.54) is 6.07 Å². The first-order chi connectivity index (χ1) is 8.00. The van der Waals surface area contributed by atoms with Crippen LogP contribution in [0.1, 0.15) is 10.4 Å². The fraction of sp³-hybridized carbons (Fsp3) is 0.100. The number of anilines is 1. The van der Waals surface area contributed by atoms with Crippen LogP contribution in [-0.4, -0.2) is 33.1 Å². The standard InChI is InChI=1S/C10H7NO5S/c12-7-2-1-5(3-6(7)9(14)15)11-8(13)4-17-10(11)16/h1-3,12H,4H2,(H,14,15). The number of hydrogen-bond donors (Lipinski definition) is 2. The van der Waals surface area contributed by atoms with Crippen LogP contribution >= 0.6 is 11.8 Å². The van der Waals surface area contributed by atoms with Crippen molar-refractivity contribution in [1.29, 1.82) is 0 Å². The number of carboxylic acid groups (broad SMARTS) is 1. The molecule has 17 heavy (non-hydrogen) atoms. The van der Waals surface area contributed by atoms with Crippen LogP contribution in [0.15, 0.2) is 18.2 Å². The molecule has 88 valence electrons. The second-order valence-electron chi connectivity index (χ2n) is 3.29. The number of thioether (sulfide) groups is 1. The van der Waals surface area contributed by atoms with Crippen molar-refractivity contribution in [3.63, 3.8) is 0 Å². The molecule has 2 amide bonds. The lowest BCUT2D eigenvalue weighted by atomic mass is 10.1. The molecule has 7 heteroatoms. The summed E-state index contributed by atoms with van der Waals surface area (Å²) in [6, 6.07) is 3.56. The maximum Gasteiger partial charge on any atom is 0.339 e. The summed E-state index contributed by atoms with van der Waals surface area (Å²) in [6.07, 6.45) is 0. The Morgan fingerprint density at radius 3 is 2.59 bits per heavy atom. The van der Waals surface area contributed by atoms with E-state index in [1.807, 2.05) is 0 Å². The maximum atomic E-state index is 11.4. The van der Waals surface area contributed by atoms with Crippen LogP contribution in [0.4, 0.5) is 10.5 Å². The lowest BCUT2D eigenvalue weighted by Crippen LogP contribution is -2.28. The number of aromatic carboxylic acids is 1. The summed E-state index contributed by atoms with van der Waals surface area (Å²) in [6.45, 7) is 0. The quantitative estimate of drug-likeness (QED) is 0.824. The fourth-order valence-electron chi connectivity index (χ4n) is 1.44. The maximum absolute atomic E-state index is 11.4. The predicted molar refractivity (Wildman–Crippen MR) is 60.4 cm³/mol. The van der Waals surface area contributed by atoms with Crippen LogP contribution in [0, 0.1) is 0 Å². The Hall–Kier alpha value is -2.02. The molecular weight excluding hydrogens is 246 g/mol. The Balaban J connectivity index is 2.46. The van der Waals surface area contributed by atoms with Crippen molar-refractivity contribution in [2.24, 2.45) is 0 Å². The molecule has 0 spiro atoms. The molecular formula is C10H7NO5S. The number of benzene rings is 1. The highest BCUT2D eigenvalue weighted by Crippen LogP contribution is 2.29. The first kappa shape index (κ1) is 11.5. The van der Waals surface area contributed by atoms with E-state index in [9.17, 15) is 19.5 Å². The molecule has 1 aromatic rings. The van der Waals surface area contributed by atoms with Crippen molar-refractivity contribution < 1.29 is 24.6 Å². The Morgan fingerprint density at radius 1 is 1.35 bits per heavy atom. The summed E-state index contributed by atoms with van der Waals surface area (Å²) < 4.78 is 0. The Bertz CT molecular complexity index is 511. The first-order valence-electron chi connectivity index (χ1n) is 4.56. The minimum absolute atomic E-state index is 0.0438. The molecule has 1 aliphatic heterocycles. The van der Waals surface area contributed by atoms with Crippen LogP contribution in [0.2, 0.25) is 0 Å². The topological polar surface area (TPSA) is 94.9 Å². The summed E-state index contributed by atoms with van der Waals surface area (Å²) >= 11 is 0.854. The molecule has 0 atom stereocenters. The van der Waals surface area contributed by atoms with Gasteiger partial charge in [-0.3, -0.25) is 9.59 Å². The van der Waals surface area contributed by atoms with Crippen LogP contribution in [0.3, 0.4) is 0 Å². The highest BCUT2D eigenvalue weighted by Gasteiger charge is 2.31. The third-order valence-electron chi connectivity index (χ3n) is 2.22. The third kappa shape index (κ3) is 1.96. The van der Waals surface area contributed by atoms with Gasteiger partial charge in [-0.1, -0.05) is 11.8 Å². The van der Waals surface area contributed by atoms with Gasteiger partial charge in [-0.25, -0.2) is 9.69 Å². The number of amides is 2. The van der Waals surface area contributed by atoms with Crippen LogP contribution in [0.25, 0.3) is 0 Å². The number of nitrogens with zero attached hydrogens (tertiary/aromatic N) is 1. The summed E-state index contributed by atoms with van der Waals surface area (Å²) in [5.41, 5.74) is -0.194. The number of aromatic hydroxyl groups is 1. The molecule has 0 aliphatic carbocycles. The molecule has 0 saturated carbocycles. The Morgan fingerprint density at radius 2 is 2.06 bits per heavy atom. The summed E-state index contributed by atoms with van der Waals surface area (Å²) in [5.74, 6) is -2.09. The molecule has 0 radical (unpaired) electrons. The molecule has 1 aromatic carbocycles. The number of imide groups is 1. The molecule has 1 aliphatic rings. The van der Waals surface area contributed by atoms with Gasteiger partial charge in [0.25, 0.3) is 5.24 Å². The minimum Gasteiger partial charge on any atom is -0.507 e. The normalized spacial score (nSPS) is 15.4. The summed E-state index contributed by atoms with van der Waals surface area (Å²) in [5, 5.41) is 17.7. The molecule has 1 fully saturated rings. The molecule has 0 aromatic heterocycles. The van der Waals surface area contributed by atoms with Crippen LogP contribution < -0.4 is 4.90 Å². The second-order valence-corrected chi connectivity index (χ2v) is 4.22. The van der Waals surface area contributed by atoms with Gasteiger partial charge in [-0.05, 0) is 18.2 Å². The third-order valence-corrected chi connectivity index (χ3v) is 3.04. The van der Waals surface area contributed by atoms with Gasteiger partial charge in [-0.15, -0.1) is 0 Å². The Labute approximate surface area is 99.8 Å².